The van der Waals surface area contributed by atoms with Gasteiger partial charge in [0.25, 0.3) is 5.91 Å². The maximum absolute atomic E-state index is 12.7. The zero-order chi connectivity index (χ0) is 20.6. The monoisotopic (exact) mass is 425 g/mol. The molecule has 1 saturated heterocycles. The van der Waals surface area contributed by atoms with Crippen LogP contribution in [0.15, 0.2) is 47.4 Å². The Morgan fingerprint density at radius 1 is 1.14 bits per heavy atom. The molecule has 0 aliphatic carbocycles. The molecule has 1 fully saturated rings. The van der Waals surface area contributed by atoms with E-state index in [1.165, 1.54) is 24.3 Å². The fourth-order valence-corrected chi connectivity index (χ4v) is 3.75. The van der Waals surface area contributed by atoms with Gasteiger partial charge in [0, 0.05) is 0 Å². The first-order chi connectivity index (χ1) is 13.1. The number of nitrogens with zero attached hydrogens (tertiary/aromatic N) is 1. The zero-order valence-corrected chi connectivity index (χ0v) is 15.4. The van der Waals surface area contributed by atoms with E-state index < -0.39 is 29.4 Å². The molecule has 2 N–H and O–H groups in total. The van der Waals surface area contributed by atoms with E-state index >= 15 is 0 Å². The molecule has 10 heteroatoms. The van der Waals surface area contributed by atoms with Crippen molar-refractivity contribution in [3.05, 3.63) is 64.1 Å². The van der Waals surface area contributed by atoms with Crippen LogP contribution < -0.4 is 4.90 Å². The molecule has 5 nitrogen and oxygen atoms in total. The van der Waals surface area contributed by atoms with E-state index in [-0.39, 0.29) is 20.5 Å². The molecule has 1 aliphatic rings. The number of hydrogen-bond donors (Lipinski definition) is 2. The first kappa shape index (κ1) is 19.9. The quantitative estimate of drug-likeness (QED) is 0.556. The van der Waals surface area contributed by atoms with Gasteiger partial charge in [-0.2, -0.15) is 13.2 Å². The molecule has 2 aromatic carbocycles. The number of amides is 1. The van der Waals surface area contributed by atoms with Gasteiger partial charge in [0.1, 0.15) is 11.3 Å². The molecule has 28 heavy (non-hydrogen) atoms. The van der Waals surface area contributed by atoms with Gasteiger partial charge in [-0.1, -0.05) is 30.0 Å². The number of carbonyl (C=O) groups is 2. The summed E-state index contributed by atoms with van der Waals surface area (Å²) >= 11 is 6.09. The molecular formula is C18H10F3NO4S2. The first-order valence-corrected chi connectivity index (χ1v) is 8.82. The van der Waals surface area contributed by atoms with Crippen LogP contribution in [0, 0.1) is 0 Å². The minimum atomic E-state index is -4.49. The first-order valence-electron chi connectivity index (χ1n) is 7.59. The number of carboxylic acids is 1. The van der Waals surface area contributed by atoms with Crippen molar-refractivity contribution in [3.63, 3.8) is 0 Å². The average molecular weight is 425 g/mol. The smallest absolute Gasteiger partial charge is 0.416 e. The number of rotatable bonds is 3. The van der Waals surface area contributed by atoms with E-state index in [4.69, 9.17) is 17.3 Å². The average Bonchev–Trinajstić information content (AvgIpc) is 2.89. The van der Waals surface area contributed by atoms with Gasteiger partial charge in [0.2, 0.25) is 0 Å². The predicted octanol–water partition coefficient (Wildman–Crippen LogP) is 4.52. The van der Waals surface area contributed by atoms with Crippen LogP contribution in [0.4, 0.5) is 18.9 Å². The highest BCUT2D eigenvalue weighted by Gasteiger charge is 2.35. The lowest BCUT2D eigenvalue weighted by Crippen LogP contribution is -2.27. The summed E-state index contributed by atoms with van der Waals surface area (Å²) in [5.41, 5.74) is -0.631. The van der Waals surface area contributed by atoms with Gasteiger partial charge in [0.15, 0.2) is 4.32 Å². The molecule has 0 unspecified atom stereocenters. The molecule has 2 aromatic rings. The molecule has 0 atom stereocenters. The third-order valence-electron chi connectivity index (χ3n) is 3.80. The van der Waals surface area contributed by atoms with E-state index in [0.29, 0.717) is 5.56 Å². The summed E-state index contributed by atoms with van der Waals surface area (Å²) in [4.78, 5) is 25.0. The summed E-state index contributed by atoms with van der Waals surface area (Å²) in [6.45, 7) is 0. The number of benzene rings is 2. The Morgan fingerprint density at radius 2 is 1.79 bits per heavy atom. The van der Waals surface area contributed by atoms with Crippen molar-refractivity contribution in [2.45, 2.75) is 6.18 Å². The van der Waals surface area contributed by atoms with Crippen LogP contribution in [0.25, 0.3) is 6.08 Å². The molecular weight excluding hydrogens is 415 g/mol. The lowest BCUT2D eigenvalue weighted by atomic mass is 10.1. The van der Waals surface area contributed by atoms with Crippen LogP contribution in [0.3, 0.4) is 0 Å². The molecule has 0 bridgehead atoms. The highest BCUT2D eigenvalue weighted by molar-refractivity contribution is 8.27. The number of alkyl halides is 3. The number of aromatic hydroxyl groups is 1. The molecule has 1 heterocycles. The third kappa shape index (κ3) is 3.87. The standard InChI is InChI=1S/C18H10F3NO4S2/c19-18(20,21)10-2-4-11(5-3-10)22-15(24)14(28-17(22)27)8-9-1-6-13(23)12(7-9)16(25)26/h1-8,23H,(H,25,26). The summed E-state index contributed by atoms with van der Waals surface area (Å²) in [5.74, 6) is -2.29. The number of halogens is 3. The van der Waals surface area contributed by atoms with Crippen molar-refractivity contribution >= 4 is 51.9 Å². The maximum Gasteiger partial charge on any atom is 0.416 e. The molecule has 0 saturated carbocycles. The van der Waals surface area contributed by atoms with Gasteiger partial charge >= 0.3 is 12.1 Å². The van der Waals surface area contributed by atoms with Gasteiger partial charge < -0.3 is 10.2 Å². The second-order valence-electron chi connectivity index (χ2n) is 5.64. The van der Waals surface area contributed by atoms with E-state index in [1.54, 1.807) is 0 Å². The summed E-state index contributed by atoms with van der Waals surface area (Å²) in [6, 6.07) is 7.83. The number of aromatic carboxylic acids is 1. The second kappa shape index (κ2) is 7.28. The zero-order valence-electron chi connectivity index (χ0n) is 13.7. The highest BCUT2D eigenvalue weighted by atomic mass is 32.2. The molecule has 1 amide bonds. The number of phenols is 1. The SMILES string of the molecule is O=C(O)c1cc(C=C2SC(=S)N(c3ccc(C(F)(F)F)cc3)C2=O)ccc1O. The molecule has 0 radical (unpaired) electrons. The fraction of sp³-hybridized carbons (Fsp3) is 0.0556. The van der Waals surface area contributed by atoms with E-state index in [9.17, 15) is 27.9 Å². The van der Waals surface area contributed by atoms with Crippen molar-refractivity contribution in [1.82, 2.24) is 0 Å². The van der Waals surface area contributed by atoms with Gasteiger partial charge in [-0.25, -0.2) is 4.79 Å². The number of carboxylic acid groups (broad SMARTS) is 1. The lowest BCUT2D eigenvalue weighted by Gasteiger charge is -2.15. The van der Waals surface area contributed by atoms with E-state index in [1.807, 2.05) is 0 Å². The Balaban J connectivity index is 1.91. The molecule has 3 rings (SSSR count). The summed E-state index contributed by atoms with van der Waals surface area (Å²) in [5, 5.41) is 18.6. The topological polar surface area (TPSA) is 77.8 Å². The van der Waals surface area contributed by atoms with Crippen LogP contribution in [-0.4, -0.2) is 26.4 Å². The third-order valence-corrected chi connectivity index (χ3v) is 5.10. The van der Waals surface area contributed by atoms with Crippen LogP contribution in [0.1, 0.15) is 21.5 Å². The lowest BCUT2D eigenvalue weighted by molar-refractivity contribution is -0.137. The van der Waals surface area contributed by atoms with Gasteiger partial charge in [-0.3, -0.25) is 9.69 Å². The fourth-order valence-electron chi connectivity index (χ4n) is 2.46. The van der Waals surface area contributed by atoms with Gasteiger partial charge in [-0.05, 0) is 48.0 Å². The number of carbonyl (C=O) groups excluding carboxylic acids is 1. The normalized spacial score (nSPS) is 16.1. The van der Waals surface area contributed by atoms with E-state index in [0.717, 1.165) is 40.9 Å². The van der Waals surface area contributed by atoms with Gasteiger partial charge in [-0.15, -0.1) is 0 Å². The Bertz CT molecular complexity index is 1020. The van der Waals surface area contributed by atoms with E-state index in [2.05, 4.69) is 0 Å². The minimum Gasteiger partial charge on any atom is -0.507 e. The minimum absolute atomic E-state index is 0.133. The van der Waals surface area contributed by atoms with Crippen molar-refractivity contribution in [2.75, 3.05) is 4.90 Å². The number of anilines is 1. The summed E-state index contributed by atoms with van der Waals surface area (Å²) < 4.78 is 38.2. The van der Waals surface area contributed by atoms with Crippen molar-refractivity contribution in [1.29, 1.82) is 0 Å². The molecule has 0 aromatic heterocycles. The number of thioether (sulfide) groups is 1. The number of hydrogen-bond acceptors (Lipinski definition) is 5. The Morgan fingerprint density at radius 3 is 2.36 bits per heavy atom. The largest absolute Gasteiger partial charge is 0.507 e. The number of thiocarbonyl (C=S) groups is 1. The van der Waals surface area contributed by atoms with Crippen molar-refractivity contribution < 1.29 is 33.0 Å². The molecule has 144 valence electrons. The molecule has 0 spiro atoms. The summed E-state index contributed by atoms with van der Waals surface area (Å²) in [7, 11) is 0. The van der Waals surface area contributed by atoms with Crippen molar-refractivity contribution in [2.24, 2.45) is 0 Å². The van der Waals surface area contributed by atoms with Gasteiger partial charge in [0.05, 0.1) is 16.2 Å². The molecule has 1 aliphatic heterocycles. The van der Waals surface area contributed by atoms with Crippen molar-refractivity contribution in [3.8, 4) is 5.75 Å². The predicted molar refractivity (Wildman–Crippen MR) is 102 cm³/mol. The Kier molecular flexibility index (Phi) is 5.18. The second-order valence-corrected chi connectivity index (χ2v) is 7.32. The van der Waals surface area contributed by atoms with Crippen LogP contribution in [0.2, 0.25) is 0 Å². The van der Waals surface area contributed by atoms with Crippen LogP contribution in [-0.2, 0) is 11.0 Å². The summed E-state index contributed by atoms with van der Waals surface area (Å²) in [6.07, 6.45) is -3.09. The Hall–Kier alpha value is -2.85. The van der Waals surface area contributed by atoms with Crippen LogP contribution in [0.5, 0.6) is 5.75 Å². The maximum atomic E-state index is 12.7. The van der Waals surface area contributed by atoms with Crippen LogP contribution >= 0.6 is 24.0 Å². The Labute approximate surface area is 166 Å². The highest BCUT2D eigenvalue weighted by Crippen LogP contribution is 2.37.